The lowest BCUT2D eigenvalue weighted by atomic mass is 9.93. The van der Waals surface area contributed by atoms with Crippen LogP contribution in [0.25, 0.3) is 0 Å². The molecule has 74 heavy (non-hydrogen) atoms. The fraction of sp³-hybridized carbons (Fsp3) is 0.440. The molecular formula is C50H62Cl3FN5O13PS. The van der Waals surface area contributed by atoms with Crippen LogP contribution in [0.1, 0.15) is 57.6 Å². The lowest BCUT2D eigenvalue weighted by Crippen LogP contribution is -2.47. The maximum Gasteiger partial charge on any atom is 0.317 e. The van der Waals surface area contributed by atoms with Crippen LogP contribution in [0.4, 0.5) is 27.1 Å². The van der Waals surface area contributed by atoms with Gasteiger partial charge in [0.05, 0.1) is 66.9 Å². The number of hydrogen-bond acceptors (Lipinski definition) is 12. The van der Waals surface area contributed by atoms with Gasteiger partial charge in [-0.25, -0.2) is 9.29 Å². The molecule has 3 aromatic carbocycles. The molecular weight excluding hydrogens is 1070 g/mol. The summed E-state index contributed by atoms with van der Waals surface area (Å²) in [4.78, 5) is 93.3. The average molecular weight is 1130 g/mol. The molecule has 0 bridgehead atoms. The summed E-state index contributed by atoms with van der Waals surface area (Å²) in [5.74, 6) is -0.565. The highest BCUT2D eigenvalue weighted by Gasteiger charge is 2.42. The second kappa shape index (κ2) is 30.4. The summed E-state index contributed by atoms with van der Waals surface area (Å²) < 4.78 is 40.8. The number of hydrogen-bond donors (Lipinski definition) is 3. The van der Waals surface area contributed by atoms with Crippen molar-refractivity contribution in [2.24, 2.45) is 0 Å². The topological polar surface area (TPSA) is 236 Å². The third-order valence-electron chi connectivity index (χ3n) is 10.7. The van der Waals surface area contributed by atoms with Crippen molar-refractivity contribution in [3.05, 3.63) is 82.7 Å². The molecule has 1 aliphatic carbocycles. The van der Waals surface area contributed by atoms with E-state index in [4.69, 9.17) is 65.4 Å². The van der Waals surface area contributed by atoms with E-state index >= 15 is 0 Å². The zero-order valence-corrected chi connectivity index (χ0v) is 46.1. The molecule has 0 aromatic heterocycles. The third-order valence-corrected chi connectivity index (χ3v) is 11.9. The van der Waals surface area contributed by atoms with E-state index in [-0.39, 0.29) is 66.7 Å². The molecule has 404 valence electrons. The molecule has 0 spiro atoms. The second-order valence-corrected chi connectivity index (χ2v) is 22.2. The number of rotatable bonds is 13. The van der Waals surface area contributed by atoms with Crippen LogP contribution in [0.2, 0.25) is 0 Å². The number of aliphatic carboxylic acids is 1. The van der Waals surface area contributed by atoms with E-state index in [1.165, 1.54) is 11.0 Å². The molecule has 0 radical (unpaired) electrons. The molecule has 18 nitrogen and oxygen atoms in total. The summed E-state index contributed by atoms with van der Waals surface area (Å²) in [6, 6.07) is 15.7. The van der Waals surface area contributed by atoms with Gasteiger partial charge in [0.15, 0.2) is 17.3 Å². The van der Waals surface area contributed by atoms with Crippen molar-refractivity contribution >= 4 is 112 Å². The van der Waals surface area contributed by atoms with Gasteiger partial charge in [0, 0.05) is 23.8 Å². The minimum absolute atomic E-state index is 0.0170. The molecule has 0 saturated heterocycles. The number of carbonyl (C=O) groups excluding carboxylic acids is 5. The van der Waals surface area contributed by atoms with Crippen LogP contribution in [0.5, 0.6) is 11.5 Å². The molecule has 3 heterocycles. The van der Waals surface area contributed by atoms with Crippen LogP contribution in [0, 0.1) is 25.1 Å². The van der Waals surface area contributed by atoms with E-state index < -0.39 is 48.9 Å². The monoisotopic (exact) mass is 1130 g/mol. The van der Waals surface area contributed by atoms with Gasteiger partial charge < -0.3 is 38.6 Å². The van der Waals surface area contributed by atoms with Crippen molar-refractivity contribution in [3.63, 3.8) is 0 Å². The quantitative estimate of drug-likeness (QED) is 0.0425. The minimum Gasteiger partial charge on any atom is -0.778 e. The fourth-order valence-electron chi connectivity index (χ4n) is 7.56. The van der Waals surface area contributed by atoms with Crippen molar-refractivity contribution in [3.8, 4) is 23.8 Å². The van der Waals surface area contributed by atoms with Crippen LogP contribution in [0.15, 0.2) is 65.7 Å². The summed E-state index contributed by atoms with van der Waals surface area (Å²) in [6.07, 6.45) is 14.8. The van der Waals surface area contributed by atoms with E-state index in [1.807, 2.05) is 68.6 Å². The molecule has 5 amide bonds. The number of carboxylic acids is 1. The maximum atomic E-state index is 14.7. The van der Waals surface area contributed by atoms with Crippen molar-refractivity contribution in [1.82, 2.24) is 5.32 Å². The molecule has 0 fully saturated rings. The third kappa shape index (κ3) is 18.0. The highest BCUT2D eigenvalue weighted by molar-refractivity contribution is 7.94. The molecule has 3 N–H and O–H groups in total. The SMILES string of the molecule is C#CCN1C(=O)COc2cc(F)c(N3C(=O)C4=C(CCCC4)C3=O)cc21.CC1COc2ccccc2N1C(=O)C(Cl)Cl.CCOCN(C(=O)CCl)c1c(C)cccc1CC.C[S+](C)C.O=C(O)CNCP(=O)([O-])O. The van der Waals surface area contributed by atoms with Gasteiger partial charge in [0.2, 0.25) is 5.91 Å². The van der Waals surface area contributed by atoms with Crippen LogP contribution in [-0.2, 0) is 55.4 Å². The van der Waals surface area contributed by atoms with E-state index in [9.17, 15) is 42.6 Å². The molecule has 2 atom stereocenters. The highest BCUT2D eigenvalue weighted by atomic mass is 35.5. The Morgan fingerprint density at radius 3 is 2.16 bits per heavy atom. The number of nitrogens with one attached hydrogen (secondary N) is 1. The maximum absolute atomic E-state index is 14.7. The molecule has 7 rings (SSSR count). The number of carbonyl (C=O) groups is 6. The Hall–Kier alpha value is -5.20. The summed E-state index contributed by atoms with van der Waals surface area (Å²) in [5.41, 5.74) is 4.84. The predicted octanol–water partition coefficient (Wildman–Crippen LogP) is 6.31. The number of carboxylic acid groups (broad SMARTS) is 1. The Morgan fingerprint density at radius 2 is 1.62 bits per heavy atom. The number of para-hydroxylation sites is 3. The molecule has 3 aromatic rings. The number of imide groups is 1. The number of alkyl halides is 3. The molecule has 2 unspecified atom stereocenters. The Kier molecular flexibility index (Phi) is 25.9. The number of terminal acetylenes is 1. The Balaban J connectivity index is 0.000000266. The van der Waals surface area contributed by atoms with E-state index in [2.05, 4.69) is 31.6 Å². The Bertz CT molecular complexity index is 2580. The van der Waals surface area contributed by atoms with Crippen molar-refractivity contribution in [1.29, 1.82) is 0 Å². The summed E-state index contributed by atoms with van der Waals surface area (Å²) in [7, 11) is -3.71. The first-order chi connectivity index (χ1) is 34.9. The van der Waals surface area contributed by atoms with Crippen LogP contribution < -0.4 is 39.3 Å². The Labute approximate surface area is 448 Å². The first-order valence-electron chi connectivity index (χ1n) is 23.0. The van der Waals surface area contributed by atoms with Crippen molar-refractivity contribution < 1.29 is 66.8 Å². The Morgan fingerprint density at radius 1 is 1.00 bits per heavy atom. The normalized spacial score (nSPS) is 16.2. The summed E-state index contributed by atoms with van der Waals surface area (Å²) >= 11 is 16.9. The van der Waals surface area contributed by atoms with E-state index in [0.29, 0.717) is 53.8 Å². The molecule has 4 aliphatic rings. The van der Waals surface area contributed by atoms with Crippen LogP contribution in [0.3, 0.4) is 0 Å². The number of benzene rings is 3. The highest BCUT2D eigenvalue weighted by Crippen LogP contribution is 2.42. The van der Waals surface area contributed by atoms with Gasteiger partial charge in [-0.15, -0.1) is 18.0 Å². The lowest BCUT2D eigenvalue weighted by Gasteiger charge is -2.35. The van der Waals surface area contributed by atoms with Gasteiger partial charge in [-0.2, -0.15) is 0 Å². The van der Waals surface area contributed by atoms with Crippen molar-refractivity contribution in [2.75, 3.05) is 90.2 Å². The van der Waals surface area contributed by atoms with Gasteiger partial charge in [-0.3, -0.25) is 43.9 Å². The first-order valence-corrected chi connectivity index (χ1v) is 28.7. The number of ether oxygens (including phenoxy) is 3. The standard InChI is InChI=1S/C19H15FN2O4.C14H20ClNO2.C11H11Cl2NO2.C3H8NO5P.C3H9S/c1-2-7-21-15-9-14(13(20)8-16(15)26-10-17(21)23)22-18(24)11-5-3-4-6-12(11)19(22)25;1-4-12-8-6-7-11(3)14(12)16(10-18-5-2)13(17)9-15;1-7-6-16-9-5-3-2-4-8(9)14(7)11(15)10(12)13;5-3(6)1-4-2-10(7,8)9;1-4(2)3/h1,8-9H,3-7,10H2;6-8H,4-5,9-10H2,1-3H3;2-5,7,10H,6H2,1H3;4H,1-2H2,(H,5,6)(H2,7,8,9);1-3H3/q;;;;+1/p-1. The molecule has 3 aliphatic heterocycles. The predicted molar refractivity (Wildman–Crippen MR) is 286 cm³/mol. The van der Waals surface area contributed by atoms with Crippen LogP contribution in [-0.4, -0.2) is 127 Å². The second-order valence-electron chi connectivity index (χ2n) is 16.8. The molecule has 0 saturated carbocycles. The first kappa shape index (κ1) is 63.1. The van der Waals surface area contributed by atoms with E-state index in [0.717, 1.165) is 52.7 Å². The number of aryl methyl sites for hydroxylation is 2. The fourth-order valence-corrected chi connectivity index (χ4v) is 8.31. The number of fused-ring (bicyclic) bond motifs is 2. The van der Waals surface area contributed by atoms with Crippen LogP contribution >= 0.6 is 42.4 Å². The number of halogens is 4. The van der Waals surface area contributed by atoms with Gasteiger partial charge in [-0.1, -0.05) is 66.4 Å². The number of nitrogens with zero attached hydrogens (tertiary/aromatic N) is 4. The summed E-state index contributed by atoms with van der Waals surface area (Å²) in [6.45, 7) is 8.39. The van der Waals surface area contributed by atoms with Gasteiger partial charge in [0.1, 0.15) is 38.3 Å². The zero-order chi connectivity index (χ0) is 55.4. The number of anilines is 4. The summed E-state index contributed by atoms with van der Waals surface area (Å²) in [5, 5.41) is 9.97. The van der Waals surface area contributed by atoms with E-state index in [1.54, 1.807) is 9.80 Å². The number of amides is 5. The largest absolute Gasteiger partial charge is 0.778 e. The van der Waals surface area contributed by atoms with Gasteiger partial charge in [-0.05, 0) is 93.1 Å². The zero-order valence-electron chi connectivity index (χ0n) is 42.2. The van der Waals surface area contributed by atoms with Crippen molar-refractivity contribution in [2.45, 2.75) is 70.7 Å². The van der Waals surface area contributed by atoms with Gasteiger partial charge in [0.25, 0.3) is 23.6 Å². The molecule has 24 heteroatoms. The van der Waals surface area contributed by atoms with Gasteiger partial charge >= 0.3 is 5.97 Å². The minimum atomic E-state index is -4.35. The lowest BCUT2D eigenvalue weighted by molar-refractivity contribution is -0.193. The average Bonchev–Trinajstić information content (AvgIpc) is 3.60. The smallest absolute Gasteiger partial charge is 0.317 e.